The summed E-state index contributed by atoms with van der Waals surface area (Å²) in [5.41, 5.74) is 1.87. The lowest BCUT2D eigenvalue weighted by molar-refractivity contribution is -0.146. The zero-order chi connectivity index (χ0) is 27.1. The van der Waals surface area contributed by atoms with Crippen molar-refractivity contribution in [1.82, 2.24) is 9.97 Å². The Morgan fingerprint density at radius 2 is 1.47 bits per heavy atom. The van der Waals surface area contributed by atoms with E-state index in [0.717, 1.165) is 17.5 Å². The second-order valence-electron chi connectivity index (χ2n) is 8.80. The van der Waals surface area contributed by atoms with Gasteiger partial charge >= 0.3 is 11.9 Å². The van der Waals surface area contributed by atoms with Gasteiger partial charge in [-0.1, -0.05) is 24.3 Å². The van der Waals surface area contributed by atoms with Crippen LogP contribution in [0.5, 0.6) is 0 Å². The minimum atomic E-state index is -1.19. The molecule has 2 atom stereocenters. The fraction of sp³-hybridized carbons (Fsp3) is 0.276. The fourth-order valence-corrected chi connectivity index (χ4v) is 4.47. The van der Waals surface area contributed by atoms with Crippen LogP contribution in [0.3, 0.4) is 0 Å². The van der Waals surface area contributed by atoms with E-state index in [9.17, 15) is 14.0 Å². The number of ether oxygens (including phenoxy) is 2. The molecule has 0 spiro atoms. The number of esters is 2. The summed E-state index contributed by atoms with van der Waals surface area (Å²) in [6, 6.07) is 14.5. The number of benzene rings is 1. The third-order valence-corrected chi connectivity index (χ3v) is 6.26. The van der Waals surface area contributed by atoms with Gasteiger partial charge in [-0.05, 0) is 49.7 Å². The molecule has 3 aromatic rings. The minimum Gasteiger partial charge on any atom is -0.465 e. The molecule has 0 bridgehead atoms. The molecule has 0 aliphatic carbocycles. The first-order valence-electron chi connectivity index (χ1n) is 12.2. The van der Waals surface area contributed by atoms with Gasteiger partial charge in [0, 0.05) is 53.9 Å². The summed E-state index contributed by atoms with van der Waals surface area (Å²) >= 11 is 0. The molecule has 0 saturated heterocycles. The van der Waals surface area contributed by atoms with Gasteiger partial charge in [0.05, 0.1) is 18.8 Å². The molecule has 2 aromatic heterocycles. The van der Waals surface area contributed by atoms with E-state index >= 15 is 4.39 Å². The summed E-state index contributed by atoms with van der Waals surface area (Å²) in [6.45, 7) is 3.20. The molecule has 2 unspecified atom stereocenters. The summed E-state index contributed by atoms with van der Waals surface area (Å²) in [5, 5.41) is 0. The van der Waals surface area contributed by atoms with Crippen molar-refractivity contribution in [3.05, 3.63) is 107 Å². The number of pyridine rings is 2. The number of halogens is 2. The van der Waals surface area contributed by atoms with E-state index in [1.165, 1.54) is 12.1 Å². The third-order valence-electron chi connectivity index (χ3n) is 6.26. The van der Waals surface area contributed by atoms with Gasteiger partial charge in [-0.2, -0.15) is 0 Å². The molecule has 0 radical (unpaired) electrons. The van der Waals surface area contributed by atoms with Crippen LogP contribution < -0.4 is 0 Å². The zero-order valence-electron chi connectivity index (χ0n) is 21.1. The van der Waals surface area contributed by atoms with Crippen LogP contribution in [0.4, 0.5) is 8.78 Å². The van der Waals surface area contributed by atoms with Crippen molar-refractivity contribution in [2.45, 2.75) is 32.6 Å². The van der Waals surface area contributed by atoms with Gasteiger partial charge in [0.1, 0.15) is 5.92 Å². The largest absolute Gasteiger partial charge is 0.465 e. The maximum atomic E-state index is 15.1. The van der Waals surface area contributed by atoms with Gasteiger partial charge in [-0.3, -0.25) is 19.8 Å². The Hall–Kier alpha value is -4.27. The first kappa shape index (κ1) is 26.8. The minimum absolute atomic E-state index is 0.00681. The highest BCUT2D eigenvalue weighted by atomic mass is 19.2. The van der Waals surface area contributed by atoms with E-state index < -0.39 is 35.4 Å². The van der Waals surface area contributed by atoms with Gasteiger partial charge in [-0.25, -0.2) is 13.6 Å². The van der Waals surface area contributed by atoms with Crippen LogP contribution in [-0.4, -0.2) is 40.8 Å². The highest BCUT2D eigenvalue weighted by molar-refractivity contribution is 6.07. The lowest BCUT2D eigenvalue weighted by Gasteiger charge is -2.31. The topological polar surface area (TPSA) is 90.7 Å². The van der Waals surface area contributed by atoms with Gasteiger partial charge < -0.3 is 9.47 Å². The molecule has 0 saturated carbocycles. The van der Waals surface area contributed by atoms with E-state index in [1.54, 1.807) is 50.5 Å². The summed E-state index contributed by atoms with van der Waals surface area (Å²) in [7, 11) is 0. The van der Waals surface area contributed by atoms with Gasteiger partial charge in [0.15, 0.2) is 11.6 Å². The van der Waals surface area contributed by atoms with Crippen molar-refractivity contribution in [3.8, 4) is 0 Å². The smallest absolute Gasteiger partial charge is 0.336 e. The van der Waals surface area contributed by atoms with E-state index in [-0.39, 0.29) is 30.0 Å². The van der Waals surface area contributed by atoms with Crippen molar-refractivity contribution in [3.63, 3.8) is 0 Å². The average Bonchev–Trinajstić information content (AvgIpc) is 2.91. The standard InChI is InChI=1S/C29H27F2N3O4/c1-18-24(28(35)37-16-12-20-8-3-5-14-32-20)26(22-10-7-11-23(30)27(22)31)25(19(2)34-18)29(36)38-17-13-21-9-4-6-15-33-21/h3-11,14-15,24,26H,12-13,16-17H2,1-2H3. The Balaban J connectivity index is 1.60. The van der Waals surface area contributed by atoms with Crippen molar-refractivity contribution >= 4 is 17.7 Å². The number of rotatable bonds is 9. The monoisotopic (exact) mass is 519 g/mol. The molecule has 0 fully saturated rings. The van der Waals surface area contributed by atoms with Crippen LogP contribution in [0.2, 0.25) is 0 Å². The highest BCUT2D eigenvalue weighted by Crippen LogP contribution is 2.41. The van der Waals surface area contributed by atoms with Crippen molar-refractivity contribution in [1.29, 1.82) is 0 Å². The molecule has 3 heterocycles. The van der Waals surface area contributed by atoms with E-state index in [1.807, 2.05) is 12.1 Å². The lowest BCUT2D eigenvalue weighted by atomic mass is 9.75. The van der Waals surface area contributed by atoms with E-state index in [4.69, 9.17) is 9.47 Å². The van der Waals surface area contributed by atoms with Gasteiger partial charge in [0.25, 0.3) is 0 Å². The number of aliphatic imine (C=N–C) groups is 1. The second-order valence-corrected chi connectivity index (χ2v) is 8.80. The molecule has 0 N–H and O–H groups in total. The number of nitrogens with zero attached hydrogens (tertiary/aromatic N) is 3. The molecule has 7 nitrogen and oxygen atoms in total. The zero-order valence-corrected chi connectivity index (χ0v) is 21.1. The number of carbonyl (C=O) groups excluding carboxylic acids is 2. The molecule has 0 amide bonds. The molecule has 1 aliphatic rings. The fourth-order valence-electron chi connectivity index (χ4n) is 4.47. The molecule has 196 valence electrons. The predicted octanol–water partition coefficient (Wildman–Crippen LogP) is 4.77. The van der Waals surface area contributed by atoms with Gasteiger partial charge in [-0.15, -0.1) is 0 Å². The predicted molar refractivity (Wildman–Crippen MR) is 136 cm³/mol. The average molecular weight is 520 g/mol. The van der Waals surface area contributed by atoms with Crippen molar-refractivity contribution < 1.29 is 27.8 Å². The second kappa shape index (κ2) is 12.3. The maximum absolute atomic E-state index is 15.1. The first-order valence-corrected chi connectivity index (χ1v) is 12.2. The Morgan fingerprint density at radius 3 is 2.08 bits per heavy atom. The van der Waals surface area contributed by atoms with Crippen LogP contribution >= 0.6 is 0 Å². The summed E-state index contributed by atoms with van der Waals surface area (Å²) in [5.74, 6) is -6.06. The first-order chi connectivity index (χ1) is 18.4. The summed E-state index contributed by atoms with van der Waals surface area (Å²) < 4.78 is 40.4. The highest BCUT2D eigenvalue weighted by Gasteiger charge is 2.44. The van der Waals surface area contributed by atoms with Crippen LogP contribution in [-0.2, 0) is 31.9 Å². The van der Waals surface area contributed by atoms with E-state index in [2.05, 4.69) is 15.0 Å². The third kappa shape index (κ3) is 6.16. The normalized spacial score (nSPS) is 17.1. The van der Waals surface area contributed by atoms with Crippen molar-refractivity contribution in [2.24, 2.45) is 10.9 Å². The van der Waals surface area contributed by atoms with Crippen LogP contribution in [0, 0.1) is 17.6 Å². The number of aromatic nitrogens is 2. The van der Waals surface area contributed by atoms with Crippen LogP contribution in [0.15, 0.2) is 83.3 Å². The molecule has 9 heteroatoms. The molecule has 1 aliphatic heterocycles. The van der Waals surface area contributed by atoms with Gasteiger partial charge in [0.2, 0.25) is 0 Å². The molecule has 4 rings (SSSR count). The number of hydrogen-bond acceptors (Lipinski definition) is 7. The number of allylic oxidation sites excluding steroid dienone is 1. The Kier molecular flexibility index (Phi) is 8.68. The Bertz CT molecular complexity index is 1360. The summed E-state index contributed by atoms with van der Waals surface area (Å²) in [4.78, 5) is 39.4. The number of hydrogen-bond donors (Lipinski definition) is 0. The van der Waals surface area contributed by atoms with E-state index in [0.29, 0.717) is 18.6 Å². The SMILES string of the molecule is CC1=NC(C)=C(C(=O)OCCc2ccccn2)C(c2cccc(F)c2F)C1C(=O)OCCc1ccccn1. The molecule has 1 aromatic carbocycles. The van der Waals surface area contributed by atoms with Crippen LogP contribution in [0.1, 0.15) is 36.7 Å². The quantitative estimate of drug-likeness (QED) is 0.378. The van der Waals surface area contributed by atoms with Crippen molar-refractivity contribution in [2.75, 3.05) is 13.2 Å². The molecular weight excluding hydrogens is 492 g/mol. The Morgan fingerprint density at radius 1 is 0.842 bits per heavy atom. The molecular formula is C29H27F2N3O4. The van der Waals surface area contributed by atoms with Crippen LogP contribution in [0.25, 0.3) is 0 Å². The Labute approximate surface area is 219 Å². The lowest BCUT2D eigenvalue weighted by Crippen LogP contribution is -2.37. The number of carbonyl (C=O) groups is 2. The summed E-state index contributed by atoms with van der Waals surface area (Å²) in [6.07, 6.45) is 4.00. The maximum Gasteiger partial charge on any atom is 0.336 e. The molecule has 38 heavy (non-hydrogen) atoms.